The van der Waals surface area contributed by atoms with E-state index in [-0.39, 0.29) is 23.8 Å². The number of carbonyl (C=O) groups is 2. The Balaban J connectivity index is 1.35. The van der Waals surface area contributed by atoms with Crippen LogP contribution in [-0.4, -0.2) is 41.3 Å². The van der Waals surface area contributed by atoms with Crippen LogP contribution in [-0.2, 0) is 0 Å². The molecule has 4 amide bonds. The van der Waals surface area contributed by atoms with Gasteiger partial charge in [-0.25, -0.2) is 9.59 Å². The lowest BCUT2D eigenvalue weighted by Gasteiger charge is -2.56. The normalized spacial score (nSPS) is 28.0. The van der Waals surface area contributed by atoms with E-state index in [1.165, 1.54) is 51.4 Å². The molecule has 28 heavy (non-hydrogen) atoms. The van der Waals surface area contributed by atoms with Gasteiger partial charge in [-0.2, -0.15) is 0 Å². The molecule has 6 nitrogen and oxygen atoms in total. The average molecular weight is 393 g/mol. The summed E-state index contributed by atoms with van der Waals surface area (Å²) in [6.45, 7) is 3.11. The maximum Gasteiger partial charge on any atom is 0.321 e. The van der Waals surface area contributed by atoms with Crippen molar-refractivity contribution in [2.45, 2.75) is 121 Å². The molecule has 3 fully saturated rings. The van der Waals surface area contributed by atoms with Crippen molar-refractivity contribution in [2.24, 2.45) is 0 Å². The summed E-state index contributed by atoms with van der Waals surface area (Å²) in [6, 6.07) is 0.662. The number of nitrogens with zero attached hydrogens (tertiary/aromatic N) is 1. The molecule has 3 N–H and O–H groups in total. The molecule has 1 spiro atoms. The summed E-state index contributed by atoms with van der Waals surface area (Å²) < 4.78 is 0. The lowest BCUT2D eigenvalue weighted by molar-refractivity contribution is -0.0109. The zero-order chi connectivity index (χ0) is 19.8. The second-order valence-corrected chi connectivity index (χ2v) is 9.11. The maximum atomic E-state index is 12.3. The molecule has 1 saturated heterocycles. The minimum atomic E-state index is -0.140. The highest BCUT2D eigenvalue weighted by molar-refractivity contribution is 5.82. The molecule has 0 aromatic rings. The van der Waals surface area contributed by atoms with Crippen LogP contribution in [0.25, 0.3) is 0 Å². The Morgan fingerprint density at radius 3 is 2.21 bits per heavy atom. The van der Waals surface area contributed by atoms with E-state index in [0.29, 0.717) is 6.04 Å². The molecule has 1 heterocycles. The van der Waals surface area contributed by atoms with E-state index >= 15 is 0 Å². The fourth-order valence-corrected chi connectivity index (χ4v) is 5.14. The van der Waals surface area contributed by atoms with Gasteiger partial charge in [0.1, 0.15) is 5.66 Å². The molecule has 160 valence electrons. The van der Waals surface area contributed by atoms with E-state index in [0.717, 1.165) is 51.5 Å². The Hall–Kier alpha value is -1.46. The maximum absolute atomic E-state index is 12.3. The molecule has 1 aliphatic heterocycles. The summed E-state index contributed by atoms with van der Waals surface area (Å²) in [6.07, 6.45) is 17.2. The number of nitrogens with one attached hydrogen (secondary N) is 3. The zero-order valence-electron chi connectivity index (χ0n) is 17.7. The quantitative estimate of drug-likeness (QED) is 0.500. The van der Waals surface area contributed by atoms with Crippen molar-refractivity contribution < 1.29 is 9.59 Å². The number of rotatable bonds is 9. The van der Waals surface area contributed by atoms with Crippen LogP contribution in [0.2, 0.25) is 0 Å². The first-order chi connectivity index (χ1) is 13.6. The highest BCUT2D eigenvalue weighted by atomic mass is 16.2. The Labute approximate surface area is 170 Å². The number of unbranched alkanes of at least 4 members (excludes halogenated alkanes) is 5. The van der Waals surface area contributed by atoms with Crippen molar-refractivity contribution in [1.29, 1.82) is 0 Å². The summed E-state index contributed by atoms with van der Waals surface area (Å²) in [5.41, 5.74) is -0.140. The molecule has 0 bridgehead atoms. The van der Waals surface area contributed by atoms with Gasteiger partial charge in [0, 0.05) is 18.6 Å². The Morgan fingerprint density at radius 1 is 0.964 bits per heavy atom. The largest absolute Gasteiger partial charge is 0.335 e. The van der Waals surface area contributed by atoms with Gasteiger partial charge in [0.15, 0.2) is 0 Å². The van der Waals surface area contributed by atoms with Gasteiger partial charge in [0.2, 0.25) is 0 Å². The lowest BCUT2D eigenvalue weighted by Crippen LogP contribution is -2.77. The second-order valence-electron chi connectivity index (χ2n) is 9.11. The van der Waals surface area contributed by atoms with Gasteiger partial charge in [-0.05, 0) is 44.9 Å². The summed E-state index contributed by atoms with van der Waals surface area (Å²) in [5.74, 6) is 0. The van der Waals surface area contributed by atoms with Crippen LogP contribution in [0.5, 0.6) is 0 Å². The predicted molar refractivity (Wildman–Crippen MR) is 112 cm³/mol. The molecular weight excluding hydrogens is 352 g/mol. The van der Waals surface area contributed by atoms with Gasteiger partial charge >= 0.3 is 12.1 Å². The Morgan fingerprint density at radius 2 is 1.57 bits per heavy atom. The molecule has 0 radical (unpaired) electrons. The van der Waals surface area contributed by atoms with Crippen LogP contribution in [0.15, 0.2) is 0 Å². The van der Waals surface area contributed by atoms with Gasteiger partial charge in [0.05, 0.1) is 0 Å². The van der Waals surface area contributed by atoms with Gasteiger partial charge in [-0.15, -0.1) is 0 Å². The van der Waals surface area contributed by atoms with Gasteiger partial charge in [-0.3, -0.25) is 0 Å². The third kappa shape index (κ3) is 5.54. The van der Waals surface area contributed by atoms with Crippen LogP contribution in [0, 0.1) is 0 Å². The third-order valence-electron chi connectivity index (χ3n) is 6.93. The summed E-state index contributed by atoms with van der Waals surface area (Å²) in [5, 5.41) is 9.49. The first kappa shape index (κ1) is 21.3. The standard InChI is InChI=1S/C22H40N4O2/c1-2-3-4-5-6-10-17-26-21(28)25-22(26)15-13-19(14-16-22)24-20(27)23-18-11-8-7-9-12-18/h18-19H,2-17H2,1H3,(H,25,28)(H2,23,24,27). The minimum Gasteiger partial charge on any atom is -0.335 e. The topological polar surface area (TPSA) is 73.5 Å². The SMILES string of the molecule is CCCCCCCCN1C(=O)NC12CCC(NC(=O)NC1CCCCC1)CC2. The fraction of sp³-hybridized carbons (Fsp3) is 0.909. The summed E-state index contributed by atoms with van der Waals surface area (Å²) in [7, 11) is 0. The smallest absolute Gasteiger partial charge is 0.321 e. The van der Waals surface area contributed by atoms with Crippen LogP contribution < -0.4 is 16.0 Å². The van der Waals surface area contributed by atoms with Crippen molar-refractivity contribution in [2.75, 3.05) is 6.54 Å². The Kier molecular flexibility index (Phi) is 7.86. The number of hydrogen-bond acceptors (Lipinski definition) is 2. The average Bonchev–Trinajstić information content (AvgIpc) is 2.69. The van der Waals surface area contributed by atoms with E-state index in [9.17, 15) is 9.59 Å². The molecule has 3 rings (SSSR count). The fourth-order valence-electron chi connectivity index (χ4n) is 5.14. The molecule has 0 unspecified atom stereocenters. The van der Waals surface area contributed by atoms with Crippen molar-refractivity contribution in [3.63, 3.8) is 0 Å². The summed E-state index contributed by atoms with van der Waals surface area (Å²) >= 11 is 0. The van der Waals surface area contributed by atoms with Gasteiger partial charge in [0.25, 0.3) is 0 Å². The molecule has 0 aromatic carbocycles. The monoisotopic (exact) mass is 392 g/mol. The van der Waals surface area contributed by atoms with Crippen LogP contribution in [0.1, 0.15) is 103 Å². The van der Waals surface area contributed by atoms with E-state index < -0.39 is 0 Å². The van der Waals surface area contributed by atoms with Gasteiger partial charge < -0.3 is 20.9 Å². The Bertz CT molecular complexity index is 511. The van der Waals surface area contributed by atoms with Crippen molar-refractivity contribution in [1.82, 2.24) is 20.9 Å². The predicted octanol–water partition coefficient (Wildman–Crippen LogP) is 4.64. The van der Waals surface area contributed by atoms with Gasteiger partial charge in [-0.1, -0.05) is 58.3 Å². The highest BCUT2D eigenvalue weighted by Gasteiger charge is 2.51. The number of hydrogen-bond donors (Lipinski definition) is 3. The molecular formula is C22H40N4O2. The minimum absolute atomic E-state index is 0.00516. The van der Waals surface area contributed by atoms with Crippen molar-refractivity contribution >= 4 is 12.1 Å². The summed E-state index contributed by atoms with van der Waals surface area (Å²) in [4.78, 5) is 26.4. The molecule has 2 aliphatic carbocycles. The van der Waals surface area contributed by atoms with Crippen molar-refractivity contribution in [3.05, 3.63) is 0 Å². The third-order valence-corrected chi connectivity index (χ3v) is 6.93. The molecule has 6 heteroatoms. The number of urea groups is 2. The molecule has 0 atom stereocenters. The first-order valence-corrected chi connectivity index (χ1v) is 11.8. The van der Waals surface area contributed by atoms with E-state index in [1.807, 2.05) is 0 Å². The van der Waals surface area contributed by atoms with E-state index in [4.69, 9.17) is 0 Å². The number of carbonyl (C=O) groups excluding carboxylic acids is 2. The zero-order valence-corrected chi connectivity index (χ0v) is 17.7. The van der Waals surface area contributed by atoms with Crippen LogP contribution in [0.4, 0.5) is 9.59 Å². The van der Waals surface area contributed by atoms with E-state index in [1.54, 1.807) is 0 Å². The first-order valence-electron chi connectivity index (χ1n) is 11.8. The molecule has 2 saturated carbocycles. The second kappa shape index (κ2) is 10.4. The highest BCUT2D eigenvalue weighted by Crippen LogP contribution is 2.37. The van der Waals surface area contributed by atoms with E-state index in [2.05, 4.69) is 27.8 Å². The lowest BCUT2D eigenvalue weighted by atomic mass is 9.82. The number of amides is 4. The van der Waals surface area contributed by atoms with Crippen molar-refractivity contribution in [3.8, 4) is 0 Å². The van der Waals surface area contributed by atoms with Crippen LogP contribution >= 0.6 is 0 Å². The molecule has 3 aliphatic rings. The molecule has 0 aromatic heterocycles. The van der Waals surface area contributed by atoms with Crippen LogP contribution in [0.3, 0.4) is 0 Å².